The van der Waals surface area contributed by atoms with Gasteiger partial charge in [-0.1, -0.05) is 186 Å². The van der Waals surface area contributed by atoms with Crippen molar-refractivity contribution in [3.05, 3.63) is 154 Å². The summed E-state index contributed by atoms with van der Waals surface area (Å²) in [6.07, 6.45) is 7.51. The summed E-state index contributed by atoms with van der Waals surface area (Å²) in [5.41, 5.74) is 23.6. The molecule has 5 aliphatic rings. The minimum absolute atomic E-state index is 0.00409. The molecule has 3 heterocycles. The van der Waals surface area contributed by atoms with E-state index in [2.05, 4.69) is 215 Å². The van der Waals surface area contributed by atoms with Crippen molar-refractivity contribution in [1.29, 1.82) is 0 Å². The van der Waals surface area contributed by atoms with Crippen LogP contribution >= 0.6 is 11.3 Å². The summed E-state index contributed by atoms with van der Waals surface area (Å²) in [7, 11) is 0. The van der Waals surface area contributed by atoms with Crippen molar-refractivity contribution < 1.29 is 0 Å². The van der Waals surface area contributed by atoms with Crippen molar-refractivity contribution in [3.63, 3.8) is 0 Å². The number of hydrogen-bond acceptors (Lipinski definition) is 2. The fraction of sp³-hybridized carbons (Fsp3) is 0.397. The molecule has 2 aliphatic heterocycles. The fourth-order valence-corrected chi connectivity index (χ4v) is 15.4. The Kier molecular flexibility index (Phi) is 8.93. The van der Waals surface area contributed by atoms with Gasteiger partial charge in [0.05, 0.1) is 11.4 Å². The van der Waals surface area contributed by atoms with E-state index in [1.165, 1.54) is 109 Å². The molecule has 1 nitrogen and oxygen atoms in total. The average molecular weight is 882 g/mol. The van der Waals surface area contributed by atoms with Gasteiger partial charge in [-0.15, -0.1) is 11.3 Å². The Balaban J connectivity index is 1.27. The molecule has 0 N–H and O–H groups in total. The van der Waals surface area contributed by atoms with Gasteiger partial charge in [0, 0.05) is 32.0 Å². The van der Waals surface area contributed by atoms with Crippen molar-refractivity contribution >= 4 is 60.9 Å². The molecule has 66 heavy (non-hydrogen) atoms. The minimum atomic E-state index is -0.00409. The number of thiophene rings is 1. The Hall–Kier alpha value is -4.86. The third-order valence-electron chi connectivity index (χ3n) is 18.3. The molecule has 0 saturated heterocycles. The van der Waals surface area contributed by atoms with E-state index < -0.39 is 0 Å². The van der Waals surface area contributed by atoms with Crippen LogP contribution in [0.15, 0.2) is 115 Å². The molecule has 0 radical (unpaired) electrons. The molecule has 3 aliphatic carbocycles. The second kappa shape index (κ2) is 13.9. The highest BCUT2D eigenvalue weighted by Gasteiger charge is 2.63. The standard InChI is InChI=1S/C63H68BNS/c1-58(2,3)41-25-26-50(43(33-41)39-23-17-14-18-24-39)65-51-32-40(38-21-15-13-16-22-38)31-45-54-53-48(62(11)27-19-20-28-63(54,62)12)34-42(59(4,5)6)35-49(53)64(55(45)51)57-56(65)44-36-46-47(37-52(44)66-57)61(9,10)30-29-60(46,7)8/h13-18,21-26,31-37,54H,19-20,27-30H2,1-12H3. The zero-order valence-electron chi connectivity index (χ0n) is 41.7. The van der Waals surface area contributed by atoms with Crippen molar-refractivity contribution in [1.82, 2.24) is 0 Å². The number of nitrogens with zero attached hydrogens (tertiary/aromatic N) is 1. The molecule has 3 heteroatoms. The highest BCUT2D eigenvalue weighted by atomic mass is 32.1. The summed E-state index contributed by atoms with van der Waals surface area (Å²) >= 11 is 2.11. The van der Waals surface area contributed by atoms with Crippen LogP contribution in [0.4, 0.5) is 17.1 Å². The number of anilines is 3. The maximum atomic E-state index is 2.80. The predicted octanol–water partition coefficient (Wildman–Crippen LogP) is 15.8. The average Bonchev–Trinajstić information content (AvgIpc) is 3.76. The third-order valence-corrected chi connectivity index (χ3v) is 19.5. The largest absolute Gasteiger partial charge is 0.309 e. The Morgan fingerprint density at radius 3 is 1.88 bits per heavy atom. The van der Waals surface area contributed by atoms with Gasteiger partial charge in [-0.25, -0.2) is 0 Å². The minimum Gasteiger partial charge on any atom is -0.309 e. The van der Waals surface area contributed by atoms with E-state index in [4.69, 9.17) is 0 Å². The highest BCUT2D eigenvalue weighted by molar-refractivity contribution is 7.33. The van der Waals surface area contributed by atoms with Crippen LogP contribution in [-0.2, 0) is 27.1 Å². The molecule has 0 spiro atoms. The van der Waals surface area contributed by atoms with Gasteiger partial charge in [-0.2, -0.15) is 0 Å². The summed E-state index contributed by atoms with van der Waals surface area (Å²) in [6.45, 7) is 29.9. The van der Waals surface area contributed by atoms with Gasteiger partial charge >= 0.3 is 0 Å². The number of rotatable bonds is 3. The molecular weight excluding hydrogens is 814 g/mol. The predicted molar refractivity (Wildman–Crippen MR) is 287 cm³/mol. The van der Waals surface area contributed by atoms with Crippen molar-refractivity contribution in [2.45, 2.75) is 155 Å². The lowest BCUT2D eigenvalue weighted by atomic mass is 9.33. The molecule has 1 fully saturated rings. The summed E-state index contributed by atoms with van der Waals surface area (Å²) < 4.78 is 2.94. The van der Waals surface area contributed by atoms with Crippen LogP contribution in [0.2, 0.25) is 0 Å². The maximum absolute atomic E-state index is 2.80. The summed E-state index contributed by atoms with van der Waals surface area (Å²) in [6, 6.07) is 46.1. The van der Waals surface area contributed by atoms with Gasteiger partial charge in [-0.05, 0) is 150 Å². The lowest BCUT2D eigenvalue weighted by Crippen LogP contribution is -2.61. The van der Waals surface area contributed by atoms with Crippen LogP contribution in [0, 0.1) is 5.41 Å². The molecule has 7 aromatic rings. The van der Waals surface area contributed by atoms with Crippen LogP contribution in [0.25, 0.3) is 32.3 Å². The molecule has 3 unspecified atom stereocenters. The van der Waals surface area contributed by atoms with Gasteiger partial charge in [0.15, 0.2) is 0 Å². The number of fused-ring (bicyclic) bond motifs is 10. The third kappa shape index (κ3) is 5.83. The highest BCUT2D eigenvalue weighted by Crippen LogP contribution is 2.68. The molecular formula is C63H68BNS. The van der Waals surface area contributed by atoms with E-state index >= 15 is 0 Å². The lowest BCUT2D eigenvalue weighted by Gasteiger charge is -2.50. The summed E-state index contributed by atoms with van der Waals surface area (Å²) in [5, 5.41) is 1.41. The van der Waals surface area contributed by atoms with Crippen LogP contribution in [0.1, 0.15) is 166 Å². The van der Waals surface area contributed by atoms with Gasteiger partial charge in [0.2, 0.25) is 0 Å². The first-order valence-electron chi connectivity index (χ1n) is 25.2. The van der Waals surface area contributed by atoms with E-state index in [9.17, 15) is 0 Å². The van der Waals surface area contributed by atoms with E-state index in [0.29, 0.717) is 5.92 Å². The lowest BCUT2D eigenvalue weighted by molar-refractivity contribution is 0.0926. The Bertz CT molecular complexity index is 3150. The molecule has 0 bridgehead atoms. The Labute approximate surface area is 400 Å². The van der Waals surface area contributed by atoms with E-state index in [1.807, 2.05) is 0 Å². The monoisotopic (exact) mass is 882 g/mol. The fourth-order valence-electron chi connectivity index (χ4n) is 14.0. The van der Waals surface area contributed by atoms with Gasteiger partial charge in [-0.3, -0.25) is 0 Å². The van der Waals surface area contributed by atoms with E-state index in [1.54, 1.807) is 33.2 Å². The quantitative estimate of drug-likeness (QED) is 0.160. The Morgan fingerprint density at radius 1 is 0.576 bits per heavy atom. The molecule has 334 valence electrons. The first-order chi connectivity index (χ1) is 31.2. The maximum Gasteiger partial charge on any atom is 0.260 e. The van der Waals surface area contributed by atoms with Crippen LogP contribution < -0.4 is 20.6 Å². The smallest absolute Gasteiger partial charge is 0.260 e. The topological polar surface area (TPSA) is 3.24 Å². The molecule has 1 aromatic heterocycles. The van der Waals surface area contributed by atoms with Gasteiger partial charge in [0.25, 0.3) is 6.71 Å². The van der Waals surface area contributed by atoms with Crippen LogP contribution in [-0.4, -0.2) is 6.71 Å². The SMILES string of the molecule is CC(C)(C)c1ccc(N2c3cc(-c4ccccc4)cc4c3B(c3cc(C(C)(C)C)cc5c3C4C3(C)CCCCC53C)c3sc4cc5c(cc4c32)C(C)(C)CCC5(C)C)c(-c2ccccc2)c1. The molecule has 3 atom stereocenters. The van der Waals surface area contributed by atoms with Crippen LogP contribution in [0.5, 0.6) is 0 Å². The molecule has 12 rings (SSSR count). The summed E-state index contributed by atoms with van der Waals surface area (Å²) in [5.74, 6) is 0.319. The normalized spacial score (nSPS) is 23.2. The van der Waals surface area contributed by atoms with Gasteiger partial charge in [0.1, 0.15) is 0 Å². The first kappa shape index (κ1) is 42.5. The molecule has 1 saturated carbocycles. The van der Waals surface area contributed by atoms with Gasteiger partial charge < -0.3 is 4.90 Å². The first-order valence-corrected chi connectivity index (χ1v) is 26.1. The zero-order chi connectivity index (χ0) is 46.1. The Morgan fingerprint density at radius 2 is 1.21 bits per heavy atom. The second-order valence-electron chi connectivity index (χ2n) is 25.1. The van der Waals surface area contributed by atoms with Crippen molar-refractivity contribution in [2.75, 3.05) is 4.90 Å². The van der Waals surface area contributed by atoms with E-state index in [0.717, 1.165) is 0 Å². The second-order valence-corrected chi connectivity index (χ2v) is 26.2. The van der Waals surface area contributed by atoms with E-state index in [-0.39, 0.29) is 39.2 Å². The van der Waals surface area contributed by atoms with Crippen molar-refractivity contribution in [2.24, 2.45) is 5.41 Å². The number of hydrogen-bond donors (Lipinski definition) is 0. The molecule has 6 aromatic carbocycles. The summed E-state index contributed by atoms with van der Waals surface area (Å²) in [4.78, 5) is 2.80. The van der Waals surface area contributed by atoms with Crippen molar-refractivity contribution in [3.8, 4) is 22.3 Å². The molecule has 0 amide bonds. The van der Waals surface area contributed by atoms with Crippen LogP contribution in [0.3, 0.4) is 0 Å². The zero-order valence-corrected chi connectivity index (χ0v) is 42.5. The number of benzene rings is 6.